The van der Waals surface area contributed by atoms with E-state index in [1.165, 1.54) is 4.90 Å². The number of likely N-dealkylation sites (N-methyl/N-ethyl adjacent to an activating group) is 1. The number of carbonyl (C=O) groups is 1. The number of anilines is 2. The Hall–Kier alpha value is -0.910. The number of carbonyl (C=O) groups excluding carboxylic acids is 1. The van der Waals surface area contributed by atoms with Gasteiger partial charge >= 0.3 is 0 Å². The zero-order valence-electron chi connectivity index (χ0n) is 11.2. The number of benzene rings is 1. The number of nitrogen functional groups attached to an aromatic ring is 1. The zero-order valence-corrected chi connectivity index (χ0v) is 12.8. The van der Waals surface area contributed by atoms with E-state index in [9.17, 15) is 4.79 Å². The molecule has 0 radical (unpaired) electrons. The first-order valence-corrected chi connectivity index (χ1v) is 7.66. The van der Waals surface area contributed by atoms with Crippen molar-refractivity contribution in [2.24, 2.45) is 5.73 Å². The van der Waals surface area contributed by atoms with E-state index in [0.29, 0.717) is 22.8 Å². The Morgan fingerprint density at radius 2 is 2.21 bits per heavy atom. The van der Waals surface area contributed by atoms with Crippen LogP contribution in [0.4, 0.5) is 11.4 Å². The molecular weight excluding hydrogens is 282 g/mol. The molecule has 0 aliphatic heterocycles. The van der Waals surface area contributed by atoms with E-state index in [-0.39, 0.29) is 5.91 Å². The van der Waals surface area contributed by atoms with Crippen LogP contribution >= 0.6 is 23.4 Å². The average molecular weight is 302 g/mol. The number of amides is 1. The van der Waals surface area contributed by atoms with Crippen molar-refractivity contribution >= 4 is 40.6 Å². The Balaban J connectivity index is 2.73. The molecule has 106 valence electrons. The number of halogens is 1. The maximum atomic E-state index is 12.2. The van der Waals surface area contributed by atoms with Crippen molar-refractivity contribution in [3.8, 4) is 0 Å². The van der Waals surface area contributed by atoms with E-state index in [1.807, 2.05) is 0 Å². The first kappa shape index (κ1) is 16.1. The van der Waals surface area contributed by atoms with Crippen molar-refractivity contribution in [1.82, 2.24) is 0 Å². The maximum Gasteiger partial charge on any atom is 0.243 e. The fourth-order valence-electron chi connectivity index (χ4n) is 1.63. The van der Waals surface area contributed by atoms with Crippen LogP contribution < -0.4 is 16.4 Å². The minimum atomic E-state index is -0.512. The van der Waals surface area contributed by atoms with Crippen LogP contribution in [0.5, 0.6) is 0 Å². The van der Waals surface area contributed by atoms with E-state index >= 15 is 0 Å². The van der Waals surface area contributed by atoms with E-state index in [0.717, 1.165) is 11.5 Å². The van der Waals surface area contributed by atoms with Gasteiger partial charge < -0.3 is 16.4 Å². The highest BCUT2D eigenvalue weighted by molar-refractivity contribution is 7.99. The van der Waals surface area contributed by atoms with Crippen molar-refractivity contribution in [2.45, 2.75) is 19.4 Å². The number of thioether (sulfide) groups is 1. The lowest BCUT2D eigenvalue weighted by Crippen LogP contribution is -2.42. The molecule has 6 heteroatoms. The molecule has 1 atom stereocenters. The van der Waals surface area contributed by atoms with Crippen molar-refractivity contribution in [2.75, 3.05) is 29.2 Å². The molecule has 19 heavy (non-hydrogen) atoms. The minimum Gasteiger partial charge on any atom is -0.399 e. The van der Waals surface area contributed by atoms with E-state index in [1.54, 1.807) is 37.0 Å². The molecule has 4 nitrogen and oxygen atoms in total. The molecule has 1 aromatic carbocycles. The van der Waals surface area contributed by atoms with Gasteiger partial charge in [0.25, 0.3) is 0 Å². The maximum absolute atomic E-state index is 12.2. The summed E-state index contributed by atoms with van der Waals surface area (Å²) in [7, 11) is 1.66. The third-order valence-electron chi connectivity index (χ3n) is 2.76. The fraction of sp³-hybridized carbons (Fsp3) is 0.462. The molecule has 0 unspecified atom stereocenters. The van der Waals surface area contributed by atoms with E-state index in [4.69, 9.17) is 23.1 Å². The third-order valence-corrected chi connectivity index (χ3v) is 4.01. The van der Waals surface area contributed by atoms with Gasteiger partial charge in [-0.3, -0.25) is 4.79 Å². The largest absolute Gasteiger partial charge is 0.399 e. The molecular formula is C13H20ClN3OS. The van der Waals surface area contributed by atoms with Gasteiger partial charge in [-0.05, 0) is 36.1 Å². The number of nitrogens with two attached hydrogens (primary N) is 2. The van der Waals surface area contributed by atoms with Crippen LogP contribution in [0, 0.1) is 0 Å². The predicted molar refractivity (Wildman–Crippen MR) is 84.9 cm³/mol. The molecule has 0 aliphatic rings. The quantitative estimate of drug-likeness (QED) is 0.625. The second-order valence-electron chi connectivity index (χ2n) is 4.20. The number of rotatable bonds is 6. The normalized spacial score (nSPS) is 12.2. The Morgan fingerprint density at radius 3 is 2.84 bits per heavy atom. The minimum absolute atomic E-state index is 0.149. The molecule has 1 amide bonds. The first-order valence-electron chi connectivity index (χ1n) is 6.13. The van der Waals surface area contributed by atoms with Crippen LogP contribution in [-0.2, 0) is 4.79 Å². The lowest BCUT2D eigenvalue weighted by Gasteiger charge is -2.22. The molecule has 0 saturated heterocycles. The molecule has 0 bridgehead atoms. The summed E-state index contributed by atoms with van der Waals surface area (Å²) in [6, 6.07) is 4.53. The second-order valence-corrected chi connectivity index (χ2v) is 6.00. The lowest BCUT2D eigenvalue weighted by molar-refractivity contribution is -0.119. The van der Waals surface area contributed by atoms with Gasteiger partial charge in [0.1, 0.15) is 0 Å². The lowest BCUT2D eigenvalue weighted by atomic mass is 10.2. The SMILES string of the molecule is CCSCC[C@H](N)C(=O)N(C)c1cc(N)ccc1Cl. The Bertz CT molecular complexity index is 442. The molecule has 0 heterocycles. The summed E-state index contributed by atoms with van der Waals surface area (Å²) >= 11 is 7.84. The molecule has 0 saturated carbocycles. The predicted octanol–water partition coefficient (Wildman–Crippen LogP) is 2.36. The Morgan fingerprint density at radius 1 is 1.53 bits per heavy atom. The van der Waals surface area contributed by atoms with Crippen molar-refractivity contribution in [3.05, 3.63) is 23.2 Å². The molecule has 0 fully saturated rings. The van der Waals surface area contributed by atoms with Crippen molar-refractivity contribution < 1.29 is 4.79 Å². The van der Waals surface area contributed by atoms with Gasteiger partial charge in [-0.2, -0.15) is 11.8 Å². The first-order chi connectivity index (χ1) is 8.97. The van der Waals surface area contributed by atoms with Crippen LogP contribution in [0.1, 0.15) is 13.3 Å². The highest BCUT2D eigenvalue weighted by atomic mass is 35.5. The van der Waals surface area contributed by atoms with E-state index in [2.05, 4.69) is 6.92 Å². The summed E-state index contributed by atoms with van der Waals surface area (Å²) < 4.78 is 0. The van der Waals surface area contributed by atoms with Gasteiger partial charge in [-0.15, -0.1) is 0 Å². The van der Waals surface area contributed by atoms with Gasteiger partial charge in [-0.1, -0.05) is 18.5 Å². The Kier molecular flexibility index (Phi) is 6.48. The highest BCUT2D eigenvalue weighted by Gasteiger charge is 2.20. The topological polar surface area (TPSA) is 72.4 Å². The van der Waals surface area contributed by atoms with Crippen LogP contribution in [-0.4, -0.2) is 30.5 Å². The van der Waals surface area contributed by atoms with E-state index < -0.39 is 6.04 Å². The fourth-order valence-corrected chi connectivity index (χ4v) is 2.59. The van der Waals surface area contributed by atoms with Gasteiger partial charge in [0, 0.05) is 12.7 Å². The van der Waals surface area contributed by atoms with Gasteiger partial charge in [0.2, 0.25) is 5.91 Å². The molecule has 0 spiro atoms. The summed E-state index contributed by atoms with van der Waals surface area (Å²) in [6.45, 7) is 2.08. The summed E-state index contributed by atoms with van der Waals surface area (Å²) in [6.07, 6.45) is 0.654. The second kappa shape index (κ2) is 7.62. The van der Waals surface area contributed by atoms with Gasteiger partial charge in [-0.25, -0.2) is 0 Å². The van der Waals surface area contributed by atoms with Gasteiger partial charge in [0.05, 0.1) is 16.8 Å². The molecule has 4 N–H and O–H groups in total. The monoisotopic (exact) mass is 301 g/mol. The average Bonchev–Trinajstić information content (AvgIpc) is 2.40. The van der Waals surface area contributed by atoms with Crippen molar-refractivity contribution in [3.63, 3.8) is 0 Å². The molecule has 1 rings (SSSR count). The highest BCUT2D eigenvalue weighted by Crippen LogP contribution is 2.27. The molecule has 0 aromatic heterocycles. The summed E-state index contributed by atoms with van der Waals surface area (Å²) in [5.74, 6) is 1.75. The third kappa shape index (κ3) is 4.60. The van der Waals surface area contributed by atoms with Crippen molar-refractivity contribution in [1.29, 1.82) is 0 Å². The summed E-state index contributed by atoms with van der Waals surface area (Å²) in [5.41, 5.74) is 12.8. The van der Waals surface area contributed by atoms with Crippen LogP contribution in [0.3, 0.4) is 0 Å². The summed E-state index contributed by atoms with van der Waals surface area (Å²) in [5, 5.41) is 0.486. The smallest absolute Gasteiger partial charge is 0.243 e. The standard InChI is InChI=1S/C13H20ClN3OS/c1-3-19-7-6-11(16)13(18)17(2)12-8-9(15)4-5-10(12)14/h4-5,8,11H,3,6-7,15-16H2,1-2H3/t11-/m0/s1. The number of hydrogen-bond acceptors (Lipinski definition) is 4. The van der Waals surface area contributed by atoms with Gasteiger partial charge in [0.15, 0.2) is 0 Å². The summed E-state index contributed by atoms with van der Waals surface area (Å²) in [4.78, 5) is 13.7. The van der Waals surface area contributed by atoms with Crippen LogP contribution in [0.15, 0.2) is 18.2 Å². The molecule has 1 aromatic rings. The zero-order chi connectivity index (χ0) is 14.4. The number of nitrogens with zero attached hydrogens (tertiary/aromatic N) is 1. The molecule has 0 aliphatic carbocycles. The Labute approximate surface area is 123 Å². The van der Waals surface area contributed by atoms with Crippen LogP contribution in [0.2, 0.25) is 5.02 Å². The van der Waals surface area contributed by atoms with Crippen LogP contribution in [0.25, 0.3) is 0 Å². The number of hydrogen-bond donors (Lipinski definition) is 2.